The van der Waals surface area contributed by atoms with Crippen LogP contribution in [0.2, 0.25) is 0 Å². The second kappa shape index (κ2) is 14.1. The number of para-hydroxylation sites is 1. The van der Waals surface area contributed by atoms with Crippen LogP contribution in [0.4, 0.5) is 4.79 Å². The van der Waals surface area contributed by atoms with Crippen LogP contribution in [0, 0.1) is 0 Å². The Kier molecular flexibility index (Phi) is 10.1. The normalized spacial score (nSPS) is 13.7. The van der Waals surface area contributed by atoms with Crippen molar-refractivity contribution in [2.45, 2.75) is 32.2 Å². The summed E-state index contributed by atoms with van der Waals surface area (Å²) in [5.41, 5.74) is 0.912. The number of nitrogens with one attached hydrogen (secondary N) is 1. The summed E-state index contributed by atoms with van der Waals surface area (Å²) in [7, 11) is 0. The monoisotopic (exact) mass is 592 g/mol. The van der Waals surface area contributed by atoms with E-state index in [1.807, 2.05) is 0 Å². The predicted octanol–water partition coefficient (Wildman–Crippen LogP) is 2.92. The number of carboxylic acids is 2. The summed E-state index contributed by atoms with van der Waals surface area (Å²) in [6, 6.07) is 13.8. The number of pyridine rings is 1. The number of piperazine rings is 1. The standard InChI is InChI=1S/C30H32N4O9/c1-2-42-30(41)34-14-12-33(13-15-34)29(40)23(10-11-26(35)36)32-28(39)24-18-25(21-8-3-4-9-22(21)31-24)43-20-7-5-6-19(16-20)17-27(37)38/h3-9,16,18,23H,2,10-15,17H2,1H3,(H,32,39)(H,35,36)(H,37,38)/t23-/m0/s1. The number of amides is 3. The van der Waals surface area contributed by atoms with Crippen LogP contribution in [-0.4, -0.2) is 93.7 Å². The highest BCUT2D eigenvalue weighted by atomic mass is 16.6. The van der Waals surface area contributed by atoms with E-state index in [9.17, 15) is 29.1 Å². The zero-order valence-corrected chi connectivity index (χ0v) is 23.5. The Morgan fingerprint density at radius 1 is 0.930 bits per heavy atom. The van der Waals surface area contributed by atoms with E-state index in [0.29, 0.717) is 22.2 Å². The minimum Gasteiger partial charge on any atom is -0.481 e. The number of carbonyl (C=O) groups excluding carboxylic acids is 3. The summed E-state index contributed by atoms with van der Waals surface area (Å²) in [6.45, 7) is 2.81. The lowest BCUT2D eigenvalue weighted by molar-refractivity contribution is -0.139. The number of carboxylic acid groups (broad SMARTS) is 2. The number of fused-ring (bicyclic) bond motifs is 1. The molecule has 1 aliphatic heterocycles. The van der Waals surface area contributed by atoms with Crippen LogP contribution in [0.3, 0.4) is 0 Å². The molecule has 3 amide bonds. The van der Waals surface area contributed by atoms with Crippen LogP contribution < -0.4 is 10.1 Å². The lowest BCUT2D eigenvalue weighted by atomic mass is 10.1. The van der Waals surface area contributed by atoms with Crippen molar-refractivity contribution in [3.05, 3.63) is 65.9 Å². The molecule has 1 saturated heterocycles. The van der Waals surface area contributed by atoms with E-state index in [4.69, 9.17) is 14.6 Å². The minimum absolute atomic E-state index is 0.0596. The summed E-state index contributed by atoms with van der Waals surface area (Å²) in [5.74, 6) is -2.64. The number of ether oxygens (including phenoxy) is 2. The van der Waals surface area contributed by atoms with Crippen LogP contribution >= 0.6 is 0 Å². The zero-order valence-electron chi connectivity index (χ0n) is 23.5. The Hall–Kier alpha value is -5.20. The predicted molar refractivity (Wildman–Crippen MR) is 153 cm³/mol. The molecule has 0 bridgehead atoms. The van der Waals surface area contributed by atoms with Gasteiger partial charge in [0.25, 0.3) is 5.91 Å². The smallest absolute Gasteiger partial charge is 0.409 e. The van der Waals surface area contributed by atoms with Crippen molar-refractivity contribution < 1.29 is 43.7 Å². The molecule has 1 atom stereocenters. The van der Waals surface area contributed by atoms with Gasteiger partial charge >= 0.3 is 18.0 Å². The fourth-order valence-corrected chi connectivity index (χ4v) is 4.67. The minimum atomic E-state index is -1.15. The number of aliphatic carboxylic acids is 2. The third-order valence-corrected chi connectivity index (χ3v) is 6.76. The van der Waals surface area contributed by atoms with E-state index in [1.165, 1.54) is 15.9 Å². The Morgan fingerprint density at radius 3 is 2.35 bits per heavy atom. The highest BCUT2D eigenvalue weighted by molar-refractivity contribution is 5.99. The molecule has 13 nitrogen and oxygen atoms in total. The summed E-state index contributed by atoms with van der Waals surface area (Å²) < 4.78 is 11.1. The SMILES string of the molecule is CCOC(=O)N1CCN(C(=O)[C@H](CCC(=O)O)NC(=O)c2cc(Oc3cccc(CC(=O)O)c3)c3ccccc3n2)CC1. The fraction of sp³-hybridized carbons (Fsp3) is 0.333. The van der Waals surface area contributed by atoms with Crippen molar-refractivity contribution >= 4 is 40.7 Å². The number of carbonyl (C=O) groups is 5. The van der Waals surface area contributed by atoms with E-state index >= 15 is 0 Å². The van der Waals surface area contributed by atoms with E-state index in [2.05, 4.69) is 10.3 Å². The number of hydrogen-bond donors (Lipinski definition) is 3. The molecule has 2 heterocycles. The molecule has 0 aliphatic carbocycles. The lowest BCUT2D eigenvalue weighted by Gasteiger charge is -2.35. The highest BCUT2D eigenvalue weighted by Gasteiger charge is 2.31. The molecule has 2 aromatic carbocycles. The van der Waals surface area contributed by atoms with Gasteiger partial charge in [0.05, 0.1) is 18.5 Å². The van der Waals surface area contributed by atoms with Crippen molar-refractivity contribution in [1.82, 2.24) is 20.1 Å². The molecule has 1 fully saturated rings. The van der Waals surface area contributed by atoms with Gasteiger partial charge < -0.3 is 34.8 Å². The van der Waals surface area contributed by atoms with Crippen molar-refractivity contribution in [3.8, 4) is 11.5 Å². The van der Waals surface area contributed by atoms with Crippen LogP contribution in [0.5, 0.6) is 11.5 Å². The molecule has 3 aromatic rings. The van der Waals surface area contributed by atoms with Gasteiger partial charge in [0.1, 0.15) is 23.2 Å². The van der Waals surface area contributed by atoms with E-state index in [0.717, 1.165) is 0 Å². The van der Waals surface area contributed by atoms with Crippen molar-refractivity contribution in [2.24, 2.45) is 0 Å². The van der Waals surface area contributed by atoms with E-state index < -0.39 is 35.9 Å². The van der Waals surface area contributed by atoms with Crippen molar-refractivity contribution in [1.29, 1.82) is 0 Å². The van der Waals surface area contributed by atoms with Gasteiger partial charge in [-0.1, -0.05) is 24.3 Å². The van der Waals surface area contributed by atoms with Gasteiger partial charge in [0.2, 0.25) is 5.91 Å². The molecule has 4 rings (SSSR count). The molecule has 0 spiro atoms. The van der Waals surface area contributed by atoms with Gasteiger partial charge in [-0.25, -0.2) is 9.78 Å². The van der Waals surface area contributed by atoms with Gasteiger partial charge in [0, 0.05) is 44.1 Å². The number of benzene rings is 2. The largest absolute Gasteiger partial charge is 0.481 e. The number of aromatic nitrogens is 1. The van der Waals surface area contributed by atoms with Crippen LogP contribution in [0.1, 0.15) is 35.8 Å². The van der Waals surface area contributed by atoms with Gasteiger partial charge in [-0.15, -0.1) is 0 Å². The van der Waals surface area contributed by atoms with Crippen molar-refractivity contribution in [3.63, 3.8) is 0 Å². The van der Waals surface area contributed by atoms with Crippen LogP contribution in [0.25, 0.3) is 10.9 Å². The first-order valence-corrected chi connectivity index (χ1v) is 13.8. The maximum atomic E-state index is 13.4. The average molecular weight is 593 g/mol. The van der Waals surface area contributed by atoms with E-state index in [1.54, 1.807) is 55.5 Å². The number of nitrogens with zero attached hydrogens (tertiary/aromatic N) is 3. The summed E-state index contributed by atoms with van der Waals surface area (Å²) >= 11 is 0. The molecule has 0 unspecified atom stereocenters. The third-order valence-electron chi connectivity index (χ3n) is 6.76. The fourth-order valence-electron chi connectivity index (χ4n) is 4.67. The molecule has 43 heavy (non-hydrogen) atoms. The highest BCUT2D eigenvalue weighted by Crippen LogP contribution is 2.30. The Labute approximate surface area is 247 Å². The lowest BCUT2D eigenvalue weighted by Crippen LogP contribution is -2.56. The molecule has 0 radical (unpaired) electrons. The maximum Gasteiger partial charge on any atom is 0.409 e. The first-order valence-electron chi connectivity index (χ1n) is 13.8. The van der Waals surface area contributed by atoms with Crippen molar-refractivity contribution in [2.75, 3.05) is 32.8 Å². The second-order valence-electron chi connectivity index (χ2n) is 9.81. The molecule has 3 N–H and O–H groups in total. The quantitative estimate of drug-likeness (QED) is 0.300. The van der Waals surface area contributed by atoms with Gasteiger partial charge in [-0.3, -0.25) is 19.2 Å². The number of hydrogen-bond acceptors (Lipinski definition) is 8. The molecule has 226 valence electrons. The zero-order chi connectivity index (χ0) is 30.9. The topological polar surface area (TPSA) is 176 Å². The van der Waals surface area contributed by atoms with Crippen LogP contribution in [0.15, 0.2) is 54.6 Å². The third kappa shape index (κ3) is 8.18. The number of rotatable bonds is 11. The molecule has 1 aliphatic rings. The summed E-state index contributed by atoms with van der Waals surface area (Å²) in [5, 5.41) is 21.6. The molecular formula is C30H32N4O9. The Bertz CT molecular complexity index is 1520. The van der Waals surface area contributed by atoms with Gasteiger partial charge in [-0.05, 0) is 43.2 Å². The molecule has 0 saturated carbocycles. The summed E-state index contributed by atoms with van der Waals surface area (Å²) in [6.07, 6.45) is -1.16. The molecule has 13 heteroatoms. The molecular weight excluding hydrogens is 560 g/mol. The Balaban J connectivity index is 1.55. The van der Waals surface area contributed by atoms with E-state index in [-0.39, 0.29) is 63.5 Å². The average Bonchev–Trinajstić information content (AvgIpc) is 2.98. The second-order valence-corrected chi connectivity index (χ2v) is 9.81. The van der Waals surface area contributed by atoms with Crippen LogP contribution in [-0.2, 0) is 25.5 Å². The van der Waals surface area contributed by atoms with Gasteiger partial charge in [0.15, 0.2) is 0 Å². The first-order chi connectivity index (χ1) is 20.6. The first kappa shape index (κ1) is 30.8. The van der Waals surface area contributed by atoms with Gasteiger partial charge in [-0.2, -0.15) is 0 Å². The Morgan fingerprint density at radius 2 is 1.65 bits per heavy atom. The maximum absolute atomic E-state index is 13.4. The molecule has 1 aromatic heterocycles. The summed E-state index contributed by atoms with van der Waals surface area (Å²) in [4.78, 5) is 68.7.